The van der Waals surface area contributed by atoms with Crippen molar-refractivity contribution in [2.75, 3.05) is 13.1 Å². The number of hydrogen-bond donors (Lipinski definition) is 1. The van der Waals surface area contributed by atoms with E-state index in [9.17, 15) is 0 Å². The lowest BCUT2D eigenvalue weighted by atomic mass is 9.68. The summed E-state index contributed by atoms with van der Waals surface area (Å²) in [6, 6.07) is 0. The van der Waals surface area contributed by atoms with E-state index < -0.39 is 0 Å². The molecule has 1 heteroatoms. The third kappa shape index (κ3) is 2.01. The molecule has 72 valence electrons. The van der Waals surface area contributed by atoms with E-state index in [4.69, 9.17) is 0 Å². The Hall–Kier alpha value is -0.0400. The zero-order valence-electron chi connectivity index (χ0n) is 8.82. The Morgan fingerprint density at radius 2 is 1.83 bits per heavy atom. The molecule has 1 nitrogen and oxygen atoms in total. The molecule has 0 radical (unpaired) electrons. The van der Waals surface area contributed by atoms with Gasteiger partial charge in [0.15, 0.2) is 0 Å². The molecule has 0 aromatic carbocycles. The van der Waals surface area contributed by atoms with Gasteiger partial charge >= 0.3 is 0 Å². The molecule has 1 fully saturated rings. The molecule has 0 saturated carbocycles. The van der Waals surface area contributed by atoms with Crippen molar-refractivity contribution in [2.45, 2.75) is 46.5 Å². The second kappa shape index (κ2) is 4.27. The van der Waals surface area contributed by atoms with Crippen LogP contribution in [0.4, 0.5) is 0 Å². The van der Waals surface area contributed by atoms with Crippen molar-refractivity contribution in [3.8, 4) is 0 Å². The van der Waals surface area contributed by atoms with E-state index in [1.165, 1.54) is 38.8 Å². The highest BCUT2D eigenvalue weighted by atomic mass is 14.9. The lowest BCUT2D eigenvalue weighted by Gasteiger charge is -2.41. The maximum absolute atomic E-state index is 3.45. The lowest BCUT2D eigenvalue weighted by Crippen LogP contribution is -2.39. The Morgan fingerprint density at radius 1 is 1.25 bits per heavy atom. The molecule has 1 saturated heterocycles. The molecular weight excluding hydrogens is 146 g/mol. The maximum Gasteiger partial charge on any atom is -0.00435 e. The minimum atomic E-state index is 0.667. The van der Waals surface area contributed by atoms with E-state index in [2.05, 4.69) is 26.1 Å². The van der Waals surface area contributed by atoms with Crippen molar-refractivity contribution in [3.63, 3.8) is 0 Å². The maximum atomic E-state index is 3.45. The zero-order chi connectivity index (χ0) is 9.03. The van der Waals surface area contributed by atoms with Crippen LogP contribution in [0.1, 0.15) is 46.5 Å². The average molecular weight is 169 g/mol. The first-order valence-electron chi connectivity index (χ1n) is 5.42. The van der Waals surface area contributed by atoms with Crippen LogP contribution in [0, 0.1) is 11.3 Å². The second-order valence-electron chi connectivity index (χ2n) is 4.52. The van der Waals surface area contributed by atoms with E-state index in [1.54, 1.807) is 0 Å². The van der Waals surface area contributed by atoms with Gasteiger partial charge in [-0.2, -0.15) is 0 Å². The summed E-state index contributed by atoms with van der Waals surface area (Å²) in [6.45, 7) is 9.56. The molecule has 1 heterocycles. The fraction of sp³-hybridized carbons (Fsp3) is 1.00. The Kier molecular flexibility index (Phi) is 3.57. The standard InChI is InChI=1S/C11H23N/c1-4-5-11(10(2)3)6-8-12-9-7-11/h10,12H,4-9H2,1-3H3. The van der Waals surface area contributed by atoms with Crippen LogP contribution in [-0.4, -0.2) is 13.1 Å². The molecule has 0 atom stereocenters. The molecule has 0 spiro atoms. The molecule has 12 heavy (non-hydrogen) atoms. The minimum absolute atomic E-state index is 0.667. The molecule has 1 aliphatic heterocycles. The SMILES string of the molecule is CCCC1(C(C)C)CCNCC1. The third-order valence-electron chi connectivity index (χ3n) is 3.57. The van der Waals surface area contributed by atoms with Crippen molar-refractivity contribution in [3.05, 3.63) is 0 Å². The molecule has 0 aromatic heterocycles. The normalized spacial score (nSPS) is 23.0. The Bertz CT molecular complexity index is 117. The van der Waals surface area contributed by atoms with Gasteiger partial charge in [0.2, 0.25) is 0 Å². The molecular formula is C11H23N. The first kappa shape index (κ1) is 10.0. The van der Waals surface area contributed by atoms with Crippen LogP contribution < -0.4 is 5.32 Å². The van der Waals surface area contributed by atoms with E-state index in [-0.39, 0.29) is 0 Å². The zero-order valence-corrected chi connectivity index (χ0v) is 8.82. The molecule has 0 aliphatic carbocycles. The van der Waals surface area contributed by atoms with Gasteiger partial charge in [-0.05, 0) is 43.7 Å². The summed E-state index contributed by atoms with van der Waals surface area (Å²) in [4.78, 5) is 0. The summed E-state index contributed by atoms with van der Waals surface area (Å²) in [7, 11) is 0. The van der Waals surface area contributed by atoms with Crippen LogP contribution in [0.2, 0.25) is 0 Å². The first-order valence-corrected chi connectivity index (χ1v) is 5.42. The highest BCUT2D eigenvalue weighted by Gasteiger charge is 2.33. The number of nitrogens with one attached hydrogen (secondary N) is 1. The molecule has 0 unspecified atom stereocenters. The van der Waals surface area contributed by atoms with E-state index in [0.717, 1.165) is 5.92 Å². The van der Waals surface area contributed by atoms with Gasteiger partial charge in [-0.3, -0.25) is 0 Å². The smallest absolute Gasteiger partial charge is 0.00435 e. The van der Waals surface area contributed by atoms with Gasteiger partial charge in [0.25, 0.3) is 0 Å². The van der Waals surface area contributed by atoms with Crippen LogP contribution in [0.25, 0.3) is 0 Å². The molecule has 0 aromatic rings. The molecule has 1 rings (SSSR count). The molecule has 0 amide bonds. The van der Waals surface area contributed by atoms with Crippen LogP contribution in [0.3, 0.4) is 0 Å². The first-order chi connectivity index (χ1) is 5.71. The van der Waals surface area contributed by atoms with E-state index in [0.29, 0.717) is 5.41 Å². The van der Waals surface area contributed by atoms with Gasteiger partial charge in [-0.15, -0.1) is 0 Å². The Balaban J connectivity index is 2.56. The van der Waals surface area contributed by atoms with Gasteiger partial charge < -0.3 is 5.32 Å². The summed E-state index contributed by atoms with van der Waals surface area (Å²) >= 11 is 0. The summed E-state index contributed by atoms with van der Waals surface area (Å²) < 4.78 is 0. The lowest BCUT2D eigenvalue weighted by molar-refractivity contribution is 0.114. The highest BCUT2D eigenvalue weighted by molar-refractivity contribution is 4.86. The summed E-state index contributed by atoms with van der Waals surface area (Å²) in [5.74, 6) is 0.861. The van der Waals surface area contributed by atoms with Crippen LogP contribution in [0.5, 0.6) is 0 Å². The van der Waals surface area contributed by atoms with Crippen LogP contribution >= 0.6 is 0 Å². The second-order valence-corrected chi connectivity index (χ2v) is 4.52. The van der Waals surface area contributed by atoms with Gasteiger partial charge in [0.1, 0.15) is 0 Å². The summed E-state index contributed by atoms with van der Waals surface area (Å²) in [6.07, 6.45) is 5.54. The molecule has 0 bridgehead atoms. The van der Waals surface area contributed by atoms with Gasteiger partial charge in [-0.1, -0.05) is 27.2 Å². The van der Waals surface area contributed by atoms with Crippen molar-refractivity contribution in [1.29, 1.82) is 0 Å². The van der Waals surface area contributed by atoms with Gasteiger partial charge in [-0.25, -0.2) is 0 Å². The van der Waals surface area contributed by atoms with Crippen molar-refractivity contribution in [1.82, 2.24) is 5.32 Å². The quantitative estimate of drug-likeness (QED) is 0.685. The monoisotopic (exact) mass is 169 g/mol. The van der Waals surface area contributed by atoms with Gasteiger partial charge in [0.05, 0.1) is 0 Å². The van der Waals surface area contributed by atoms with Gasteiger partial charge in [0, 0.05) is 0 Å². The van der Waals surface area contributed by atoms with Crippen LogP contribution in [-0.2, 0) is 0 Å². The van der Waals surface area contributed by atoms with E-state index in [1.807, 2.05) is 0 Å². The fourth-order valence-electron chi connectivity index (χ4n) is 2.54. The predicted octanol–water partition coefficient (Wildman–Crippen LogP) is 2.81. The Labute approximate surface area is 76.9 Å². The molecule has 1 aliphatic rings. The topological polar surface area (TPSA) is 12.0 Å². The number of hydrogen-bond acceptors (Lipinski definition) is 1. The Morgan fingerprint density at radius 3 is 2.25 bits per heavy atom. The average Bonchev–Trinajstić information content (AvgIpc) is 2.06. The summed E-state index contributed by atoms with van der Waals surface area (Å²) in [5.41, 5.74) is 0.667. The number of rotatable bonds is 3. The van der Waals surface area contributed by atoms with Crippen molar-refractivity contribution in [2.24, 2.45) is 11.3 Å². The van der Waals surface area contributed by atoms with E-state index >= 15 is 0 Å². The predicted molar refractivity (Wildman–Crippen MR) is 54.3 cm³/mol. The largest absolute Gasteiger partial charge is 0.317 e. The van der Waals surface area contributed by atoms with Crippen LogP contribution in [0.15, 0.2) is 0 Å². The third-order valence-corrected chi connectivity index (χ3v) is 3.57. The summed E-state index contributed by atoms with van der Waals surface area (Å²) in [5, 5.41) is 3.45. The van der Waals surface area contributed by atoms with Crippen molar-refractivity contribution < 1.29 is 0 Å². The molecule has 1 N–H and O–H groups in total. The minimum Gasteiger partial charge on any atom is -0.317 e. The highest BCUT2D eigenvalue weighted by Crippen LogP contribution is 2.40. The van der Waals surface area contributed by atoms with Crippen molar-refractivity contribution >= 4 is 0 Å². The fourth-order valence-corrected chi connectivity index (χ4v) is 2.54. The number of piperidine rings is 1.